The van der Waals surface area contributed by atoms with Crippen LogP contribution in [0.25, 0.3) is 11.1 Å². The van der Waals surface area contributed by atoms with Gasteiger partial charge in [-0.2, -0.15) is 13.1 Å². The molecule has 0 aliphatic rings. The van der Waals surface area contributed by atoms with Crippen LogP contribution in [0.4, 0.5) is 5.82 Å². The van der Waals surface area contributed by atoms with Crippen molar-refractivity contribution in [2.45, 2.75) is 20.3 Å². The van der Waals surface area contributed by atoms with Crippen LogP contribution < -0.4 is 18.9 Å². The van der Waals surface area contributed by atoms with Gasteiger partial charge in [0.05, 0.1) is 8.30 Å². The number of rotatable bonds is 11. The van der Waals surface area contributed by atoms with E-state index in [4.69, 9.17) is 15.0 Å². The van der Waals surface area contributed by atoms with E-state index in [0.717, 1.165) is 16.4 Å². The summed E-state index contributed by atoms with van der Waals surface area (Å²) >= 11 is 3.33. The fourth-order valence-corrected chi connectivity index (χ4v) is 3.44. The lowest BCUT2D eigenvalue weighted by Gasteiger charge is -2.15. The Kier molecular flexibility index (Phi) is 6.53. The van der Waals surface area contributed by atoms with Crippen molar-refractivity contribution in [3.63, 3.8) is 0 Å². The molecule has 0 aliphatic heterocycles. The zero-order chi connectivity index (χ0) is 26.6. The van der Waals surface area contributed by atoms with Gasteiger partial charge in [0.1, 0.15) is 19.5 Å². The van der Waals surface area contributed by atoms with Crippen LogP contribution in [0.1, 0.15) is 24.4 Å². The summed E-state index contributed by atoms with van der Waals surface area (Å²) < 4.78 is 72.6. The van der Waals surface area contributed by atoms with Crippen molar-refractivity contribution in [2.75, 3.05) is 24.4 Å². The number of benzene rings is 1. The van der Waals surface area contributed by atoms with Crippen LogP contribution in [-0.4, -0.2) is 48.0 Å². The minimum Gasteiger partial charge on any atom is -0.473 e. The molecule has 0 spiro atoms. The predicted molar refractivity (Wildman–Crippen MR) is 124 cm³/mol. The van der Waals surface area contributed by atoms with E-state index in [1.807, 2.05) is 4.72 Å². The van der Waals surface area contributed by atoms with E-state index < -0.39 is 29.9 Å². The number of aromatic nitrogens is 4. The van der Waals surface area contributed by atoms with E-state index in [2.05, 4.69) is 40.6 Å². The van der Waals surface area contributed by atoms with Crippen molar-refractivity contribution in [2.24, 2.45) is 0 Å². The zero-order valence-corrected chi connectivity index (χ0v) is 19.6. The molecule has 32 heavy (non-hydrogen) atoms. The number of anilines is 1. The molecule has 0 saturated carbocycles. The Morgan fingerprint density at radius 2 is 1.81 bits per heavy atom. The highest BCUT2D eigenvalue weighted by atomic mass is 79.9. The Hall–Kier alpha value is -2.83. The molecule has 2 aromatic heterocycles. The SMILES string of the molecule is [2H]C([2H])(CC)NS(=O)(=O)Nc1ncnc(OCC([2H])([2H])Oc2ncc(C)cn2)c1-c1ccc(Br)cc1. The highest BCUT2D eigenvalue weighted by Gasteiger charge is 2.19. The van der Waals surface area contributed by atoms with E-state index in [0.29, 0.717) is 5.56 Å². The Bertz CT molecular complexity index is 1300. The van der Waals surface area contributed by atoms with Gasteiger partial charge >= 0.3 is 6.01 Å². The van der Waals surface area contributed by atoms with E-state index in [1.165, 1.54) is 19.3 Å². The standard InChI is InChI=1S/C20H23BrN6O4S/c1-3-8-26-32(28,29)27-18-17(15-4-6-16(21)7-5-15)19(25-13-24-18)30-9-10-31-20-22-11-14(2)12-23-20/h4-7,11-13,26H,3,8-10H2,1-2H3,(H,24,25,27)/i8D2,10D2. The van der Waals surface area contributed by atoms with Gasteiger partial charge in [-0.15, -0.1) is 0 Å². The third kappa shape index (κ3) is 6.84. The van der Waals surface area contributed by atoms with Gasteiger partial charge in [0.2, 0.25) is 5.88 Å². The molecular weight excluding hydrogens is 500 g/mol. The van der Waals surface area contributed by atoms with Gasteiger partial charge < -0.3 is 9.47 Å². The van der Waals surface area contributed by atoms with E-state index in [9.17, 15) is 8.42 Å². The van der Waals surface area contributed by atoms with Crippen molar-refractivity contribution in [1.82, 2.24) is 24.7 Å². The molecule has 2 heterocycles. The third-order valence-corrected chi connectivity index (χ3v) is 5.15. The van der Waals surface area contributed by atoms with Crippen LogP contribution in [0.2, 0.25) is 0 Å². The summed E-state index contributed by atoms with van der Waals surface area (Å²) in [5.74, 6) is -0.342. The van der Waals surface area contributed by atoms with Gasteiger partial charge in [-0.3, -0.25) is 4.72 Å². The van der Waals surface area contributed by atoms with Crippen molar-refractivity contribution in [3.8, 4) is 23.0 Å². The molecule has 0 unspecified atom stereocenters. The smallest absolute Gasteiger partial charge is 0.316 e. The van der Waals surface area contributed by atoms with Crippen LogP contribution in [0.5, 0.6) is 11.9 Å². The van der Waals surface area contributed by atoms with Crippen molar-refractivity contribution in [3.05, 3.63) is 53.0 Å². The van der Waals surface area contributed by atoms with E-state index >= 15 is 0 Å². The fourth-order valence-electron chi connectivity index (χ4n) is 2.38. The minimum absolute atomic E-state index is 0.106. The van der Waals surface area contributed by atoms with Crippen molar-refractivity contribution >= 4 is 32.0 Å². The zero-order valence-electron chi connectivity index (χ0n) is 21.2. The molecule has 1 aromatic carbocycles. The lowest BCUT2D eigenvalue weighted by Crippen LogP contribution is -2.31. The first-order valence-electron chi connectivity index (χ1n) is 11.3. The summed E-state index contributed by atoms with van der Waals surface area (Å²) in [6.07, 6.45) is 3.88. The number of nitrogens with one attached hydrogen (secondary N) is 2. The third-order valence-electron chi connectivity index (χ3n) is 3.75. The topological polar surface area (TPSA) is 128 Å². The largest absolute Gasteiger partial charge is 0.473 e. The number of halogens is 1. The Balaban J connectivity index is 1.92. The maximum absolute atomic E-state index is 12.6. The van der Waals surface area contributed by atoms with Gasteiger partial charge in [0, 0.05) is 26.1 Å². The second-order valence-corrected chi connectivity index (χ2v) is 8.56. The van der Waals surface area contributed by atoms with Gasteiger partial charge in [0.15, 0.2) is 5.82 Å². The Morgan fingerprint density at radius 3 is 2.50 bits per heavy atom. The van der Waals surface area contributed by atoms with Gasteiger partial charge in [-0.1, -0.05) is 35.0 Å². The first-order chi connectivity index (χ1) is 16.8. The molecule has 12 heteroatoms. The molecule has 3 rings (SSSR count). The quantitative estimate of drug-likeness (QED) is 0.389. The summed E-state index contributed by atoms with van der Waals surface area (Å²) in [4.78, 5) is 15.9. The molecule has 0 radical (unpaired) electrons. The molecule has 0 atom stereocenters. The molecule has 2 N–H and O–H groups in total. The highest BCUT2D eigenvalue weighted by Crippen LogP contribution is 2.34. The normalized spacial score (nSPS) is 14.0. The number of nitrogens with zero attached hydrogens (tertiary/aromatic N) is 4. The van der Waals surface area contributed by atoms with Crippen LogP contribution in [0.15, 0.2) is 47.5 Å². The summed E-state index contributed by atoms with van der Waals surface area (Å²) in [5.41, 5.74) is 1.33. The summed E-state index contributed by atoms with van der Waals surface area (Å²) in [5, 5.41) is 0. The number of hydrogen-bond acceptors (Lipinski definition) is 8. The second-order valence-electron chi connectivity index (χ2n) is 6.23. The first-order valence-corrected chi connectivity index (χ1v) is 11.6. The molecule has 0 bridgehead atoms. The van der Waals surface area contributed by atoms with Crippen LogP contribution >= 0.6 is 15.9 Å². The monoisotopic (exact) mass is 526 g/mol. The summed E-state index contributed by atoms with van der Waals surface area (Å²) in [6.45, 7) is -1.94. The first kappa shape index (κ1) is 18.7. The van der Waals surface area contributed by atoms with Crippen LogP contribution in [-0.2, 0) is 10.2 Å². The maximum Gasteiger partial charge on any atom is 0.316 e. The van der Waals surface area contributed by atoms with Gasteiger partial charge in [0.25, 0.3) is 10.2 Å². The summed E-state index contributed by atoms with van der Waals surface area (Å²) in [6, 6.07) is 6.52. The predicted octanol–water partition coefficient (Wildman–Crippen LogP) is 3.12. The molecule has 0 fully saturated rings. The summed E-state index contributed by atoms with van der Waals surface area (Å²) in [7, 11) is -4.39. The lowest BCUT2D eigenvalue weighted by atomic mass is 10.1. The second kappa shape index (κ2) is 11.2. The molecule has 170 valence electrons. The molecule has 3 aromatic rings. The molecular formula is C20H23BrN6O4S. The fraction of sp³-hybridized carbons (Fsp3) is 0.300. The average Bonchev–Trinajstić information content (AvgIpc) is 2.79. The number of ether oxygens (including phenoxy) is 2. The van der Waals surface area contributed by atoms with E-state index in [1.54, 1.807) is 31.2 Å². The van der Waals surface area contributed by atoms with Gasteiger partial charge in [-0.05, 0) is 36.6 Å². The average molecular weight is 527 g/mol. The molecule has 10 nitrogen and oxygen atoms in total. The molecule has 0 amide bonds. The lowest BCUT2D eigenvalue weighted by molar-refractivity contribution is 0.202. The Labute approximate surface area is 200 Å². The maximum atomic E-state index is 12.6. The van der Waals surface area contributed by atoms with Crippen LogP contribution in [0, 0.1) is 6.92 Å². The minimum atomic E-state index is -4.39. The molecule has 0 saturated heterocycles. The van der Waals surface area contributed by atoms with Crippen molar-refractivity contribution < 1.29 is 23.4 Å². The highest BCUT2D eigenvalue weighted by molar-refractivity contribution is 9.10. The number of aryl methyl sites for hydroxylation is 1. The van der Waals surface area contributed by atoms with Crippen LogP contribution in [0.3, 0.4) is 0 Å². The van der Waals surface area contributed by atoms with E-state index in [-0.39, 0.29) is 29.7 Å². The molecule has 0 aliphatic carbocycles. The van der Waals surface area contributed by atoms with Gasteiger partial charge in [-0.25, -0.2) is 19.9 Å². The Morgan fingerprint density at radius 1 is 1.09 bits per heavy atom. The van der Waals surface area contributed by atoms with Crippen molar-refractivity contribution in [1.29, 1.82) is 0 Å². The number of hydrogen-bond donors (Lipinski definition) is 2.